The standard InChI is InChI=1S/C21H20ClN3O5/c1-13(26)23-16-5-2-4-15(20(16)22)21(28)25-9-3-8-24(25)19(27)11-14-6-7-17-18(10-14)30-12-29-17/h2,4-7,10H,3,8-9,11-12H2,1H3,(H,23,26). The lowest BCUT2D eigenvalue weighted by Crippen LogP contribution is -2.45. The van der Waals surface area contributed by atoms with Crippen molar-refractivity contribution in [3.63, 3.8) is 0 Å². The highest BCUT2D eigenvalue weighted by Crippen LogP contribution is 2.33. The highest BCUT2D eigenvalue weighted by molar-refractivity contribution is 6.36. The summed E-state index contributed by atoms with van der Waals surface area (Å²) in [5, 5.41) is 5.61. The van der Waals surface area contributed by atoms with Gasteiger partial charge in [-0.05, 0) is 36.2 Å². The van der Waals surface area contributed by atoms with E-state index in [0.29, 0.717) is 36.7 Å². The first-order valence-electron chi connectivity index (χ1n) is 9.51. The summed E-state index contributed by atoms with van der Waals surface area (Å²) >= 11 is 6.35. The van der Waals surface area contributed by atoms with E-state index in [2.05, 4.69) is 5.32 Å². The number of benzene rings is 2. The van der Waals surface area contributed by atoms with Crippen LogP contribution in [0, 0.1) is 0 Å². The van der Waals surface area contributed by atoms with Gasteiger partial charge >= 0.3 is 0 Å². The Morgan fingerprint density at radius 1 is 1.07 bits per heavy atom. The summed E-state index contributed by atoms with van der Waals surface area (Å²) < 4.78 is 10.7. The summed E-state index contributed by atoms with van der Waals surface area (Å²) in [5.41, 5.74) is 1.35. The van der Waals surface area contributed by atoms with Crippen LogP contribution in [0.5, 0.6) is 11.5 Å². The van der Waals surface area contributed by atoms with Crippen molar-refractivity contribution in [3.05, 3.63) is 52.5 Å². The van der Waals surface area contributed by atoms with Gasteiger partial charge in [0.25, 0.3) is 5.91 Å². The maximum atomic E-state index is 13.1. The van der Waals surface area contributed by atoms with Gasteiger partial charge in [-0.2, -0.15) is 0 Å². The molecule has 30 heavy (non-hydrogen) atoms. The Kier molecular flexibility index (Phi) is 5.50. The molecule has 0 unspecified atom stereocenters. The molecule has 0 saturated carbocycles. The van der Waals surface area contributed by atoms with Crippen LogP contribution in [0.3, 0.4) is 0 Å². The highest BCUT2D eigenvalue weighted by Gasteiger charge is 2.32. The first kappa shape index (κ1) is 20.0. The minimum absolute atomic E-state index is 0.125. The number of halogens is 1. The molecule has 2 aromatic rings. The Bertz CT molecular complexity index is 1030. The molecule has 2 heterocycles. The summed E-state index contributed by atoms with van der Waals surface area (Å²) in [4.78, 5) is 37.4. The van der Waals surface area contributed by atoms with E-state index in [9.17, 15) is 14.4 Å². The van der Waals surface area contributed by atoms with E-state index in [1.54, 1.807) is 36.4 Å². The van der Waals surface area contributed by atoms with Gasteiger partial charge in [-0.15, -0.1) is 0 Å². The Hall–Kier alpha value is -3.26. The minimum Gasteiger partial charge on any atom is -0.454 e. The van der Waals surface area contributed by atoms with Crippen LogP contribution < -0.4 is 14.8 Å². The summed E-state index contributed by atoms with van der Waals surface area (Å²) in [5.74, 6) is 0.384. The largest absolute Gasteiger partial charge is 0.454 e. The monoisotopic (exact) mass is 429 g/mol. The molecule has 0 spiro atoms. The molecule has 156 valence electrons. The molecule has 2 aliphatic heterocycles. The van der Waals surface area contributed by atoms with Crippen molar-refractivity contribution >= 4 is 35.0 Å². The second-order valence-electron chi connectivity index (χ2n) is 7.01. The number of hydrogen-bond donors (Lipinski definition) is 1. The van der Waals surface area contributed by atoms with E-state index in [1.165, 1.54) is 16.9 Å². The van der Waals surface area contributed by atoms with Crippen LogP contribution in [0.15, 0.2) is 36.4 Å². The van der Waals surface area contributed by atoms with Gasteiger partial charge in [-0.25, -0.2) is 5.01 Å². The van der Waals surface area contributed by atoms with Crippen LogP contribution in [0.1, 0.15) is 29.3 Å². The first-order valence-corrected chi connectivity index (χ1v) is 9.88. The number of hydrazine groups is 1. The number of carbonyl (C=O) groups excluding carboxylic acids is 3. The number of fused-ring (bicyclic) bond motifs is 1. The third-order valence-electron chi connectivity index (χ3n) is 4.89. The third-order valence-corrected chi connectivity index (χ3v) is 5.29. The van der Waals surface area contributed by atoms with E-state index in [1.807, 2.05) is 0 Å². The molecule has 0 aromatic heterocycles. The van der Waals surface area contributed by atoms with Crippen LogP contribution >= 0.6 is 11.6 Å². The van der Waals surface area contributed by atoms with E-state index in [0.717, 1.165) is 5.56 Å². The number of anilines is 1. The van der Waals surface area contributed by atoms with Gasteiger partial charge < -0.3 is 14.8 Å². The van der Waals surface area contributed by atoms with E-state index >= 15 is 0 Å². The summed E-state index contributed by atoms with van der Waals surface area (Å²) in [6.07, 6.45) is 0.793. The second-order valence-corrected chi connectivity index (χ2v) is 7.39. The maximum Gasteiger partial charge on any atom is 0.274 e. The Labute approximate surface area is 178 Å². The molecule has 0 atom stereocenters. The molecule has 3 amide bonds. The van der Waals surface area contributed by atoms with E-state index in [-0.39, 0.29) is 41.5 Å². The van der Waals surface area contributed by atoms with Crippen molar-refractivity contribution in [1.29, 1.82) is 0 Å². The summed E-state index contributed by atoms with van der Waals surface area (Å²) in [6.45, 7) is 2.38. The SMILES string of the molecule is CC(=O)Nc1cccc(C(=O)N2CCCN2C(=O)Cc2ccc3c(c2)OCO3)c1Cl. The first-order chi connectivity index (χ1) is 14.4. The van der Waals surface area contributed by atoms with Gasteiger partial charge in [-0.3, -0.25) is 19.4 Å². The summed E-state index contributed by atoms with van der Waals surface area (Å²) in [7, 11) is 0. The zero-order valence-corrected chi connectivity index (χ0v) is 17.1. The molecule has 4 rings (SSSR count). The predicted molar refractivity (Wildman–Crippen MR) is 109 cm³/mol. The summed E-state index contributed by atoms with van der Waals surface area (Å²) in [6, 6.07) is 10.2. The fourth-order valence-corrected chi connectivity index (χ4v) is 3.78. The van der Waals surface area contributed by atoms with Crippen LogP contribution in [-0.4, -0.2) is 47.6 Å². The second kappa shape index (κ2) is 8.23. The molecule has 1 fully saturated rings. The van der Waals surface area contributed by atoms with Crippen molar-refractivity contribution < 1.29 is 23.9 Å². The van der Waals surface area contributed by atoms with E-state index < -0.39 is 0 Å². The molecule has 0 bridgehead atoms. The predicted octanol–water partition coefficient (Wildman–Crippen LogP) is 2.86. The van der Waals surface area contributed by atoms with Gasteiger partial charge in [0, 0.05) is 20.0 Å². The number of nitrogens with one attached hydrogen (secondary N) is 1. The Morgan fingerprint density at radius 3 is 2.63 bits per heavy atom. The van der Waals surface area contributed by atoms with Crippen molar-refractivity contribution in [2.24, 2.45) is 0 Å². The molecule has 8 nitrogen and oxygen atoms in total. The number of rotatable bonds is 4. The number of hydrogen-bond acceptors (Lipinski definition) is 5. The number of carbonyl (C=O) groups is 3. The maximum absolute atomic E-state index is 13.1. The molecule has 1 saturated heterocycles. The Balaban J connectivity index is 1.51. The van der Waals surface area contributed by atoms with Crippen molar-refractivity contribution in [2.75, 3.05) is 25.2 Å². The van der Waals surface area contributed by atoms with Gasteiger partial charge in [0.1, 0.15) is 0 Å². The van der Waals surface area contributed by atoms with Gasteiger partial charge in [0.05, 0.1) is 22.7 Å². The normalized spacial score (nSPS) is 14.7. The molecule has 2 aromatic carbocycles. The Morgan fingerprint density at radius 2 is 1.83 bits per heavy atom. The average Bonchev–Trinajstić information content (AvgIpc) is 3.37. The van der Waals surface area contributed by atoms with Gasteiger partial charge in [0.2, 0.25) is 18.6 Å². The minimum atomic E-state index is -0.385. The number of ether oxygens (including phenoxy) is 2. The molecular weight excluding hydrogens is 410 g/mol. The zero-order valence-electron chi connectivity index (χ0n) is 16.3. The van der Waals surface area contributed by atoms with Crippen molar-refractivity contribution in [3.8, 4) is 11.5 Å². The van der Waals surface area contributed by atoms with Crippen LogP contribution in [0.25, 0.3) is 0 Å². The molecule has 0 radical (unpaired) electrons. The third kappa shape index (κ3) is 3.91. The average molecular weight is 430 g/mol. The highest BCUT2D eigenvalue weighted by atomic mass is 35.5. The molecule has 1 N–H and O–H groups in total. The number of nitrogens with zero attached hydrogens (tertiary/aromatic N) is 2. The fraction of sp³-hybridized carbons (Fsp3) is 0.286. The number of amides is 3. The van der Waals surface area contributed by atoms with Gasteiger partial charge in [0.15, 0.2) is 11.5 Å². The smallest absolute Gasteiger partial charge is 0.274 e. The van der Waals surface area contributed by atoms with Crippen LogP contribution in [0.2, 0.25) is 5.02 Å². The molecular formula is C21H20ClN3O5. The van der Waals surface area contributed by atoms with Crippen molar-refractivity contribution in [1.82, 2.24) is 10.0 Å². The zero-order chi connectivity index (χ0) is 21.3. The quantitative estimate of drug-likeness (QED) is 0.807. The molecule has 9 heteroatoms. The van der Waals surface area contributed by atoms with E-state index in [4.69, 9.17) is 21.1 Å². The lowest BCUT2D eigenvalue weighted by Gasteiger charge is -2.28. The van der Waals surface area contributed by atoms with Crippen molar-refractivity contribution in [2.45, 2.75) is 19.8 Å². The lowest BCUT2D eigenvalue weighted by molar-refractivity contribution is -0.139. The molecule has 2 aliphatic rings. The topological polar surface area (TPSA) is 88.2 Å². The van der Waals surface area contributed by atoms with Crippen LogP contribution in [0.4, 0.5) is 5.69 Å². The molecule has 0 aliphatic carbocycles. The van der Waals surface area contributed by atoms with Crippen LogP contribution in [-0.2, 0) is 16.0 Å². The van der Waals surface area contributed by atoms with Gasteiger partial charge in [-0.1, -0.05) is 23.7 Å². The fourth-order valence-electron chi connectivity index (χ4n) is 3.52. The lowest BCUT2D eigenvalue weighted by atomic mass is 10.1.